The summed E-state index contributed by atoms with van der Waals surface area (Å²) in [5.41, 5.74) is 5.96. The fraction of sp³-hybridized carbons (Fsp3) is 0.300. The van der Waals surface area contributed by atoms with Gasteiger partial charge < -0.3 is 9.47 Å². The van der Waals surface area contributed by atoms with E-state index < -0.39 is 12.5 Å². The monoisotopic (exact) mass is 193 g/mol. The van der Waals surface area contributed by atoms with Crippen molar-refractivity contribution in [1.29, 1.82) is 0 Å². The van der Waals surface area contributed by atoms with Gasteiger partial charge in [-0.2, -0.15) is 0 Å². The molecule has 1 aromatic rings. The zero-order valence-corrected chi connectivity index (χ0v) is 7.55. The van der Waals surface area contributed by atoms with Gasteiger partial charge in [-0.25, -0.2) is 0 Å². The van der Waals surface area contributed by atoms with Crippen LogP contribution >= 0.6 is 0 Å². The molecule has 2 N–H and O–H groups in total. The summed E-state index contributed by atoms with van der Waals surface area (Å²) in [5.74, 6) is -0.0847. The minimum Gasteiger partial charge on any atom is -0.337 e. The summed E-state index contributed by atoms with van der Waals surface area (Å²) in [7, 11) is 0. The van der Waals surface area contributed by atoms with E-state index in [-0.39, 0.29) is 12.4 Å². The van der Waals surface area contributed by atoms with Crippen LogP contribution in [0.1, 0.15) is 10.4 Å². The van der Waals surface area contributed by atoms with E-state index in [2.05, 4.69) is 0 Å². The first kappa shape index (κ1) is 9.33. The number of ether oxygens (including phenoxy) is 2. The standard InChI is InChI=1S/C10H11NO3/c11-10-13-6-8(14-10)9(12)7-4-2-1-3-5-7/h1-5,8,10H,6,11H2. The molecule has 0 aliphatic carbocycles. The van der Waals surface area contributed by atoms with Crippen molar-refractivity contribution in [1.82, 2.24) is 0 Å². The molecule has 0 aromatic heterocycles. The van der Waals surface area contributed by atoms with E-state index in [1.54, 1.807) is 12.1 Å². The van der Waals surface area contributed by atoms with Crippen molar-refractivity contribution in [3.05, 3.63) is 35.9 Å². The minimum atomic E-state index is -0.771. The second-order valence-corrected chi connectivity index (χ2v) is 3.06. The molecule has 1 aliphatic heterocycles. The summed E-state index contributed by atoms with van der Waals surface area (Å²) >= 11 is 0. The van der Waals surface area contributed by atoms with Gasteiger partial charge in [-0.15, -0.1) is 0 Å². The Morgan fingerprint density at radius 3 is 2.64 bits per heavy atom. The fourth-order valence-corrected chi connectivity index (χ4v) is 1.35. The van der Waals surface area contributed by atoms with Crippen molar-refractivity contribution in [2.24, 2.45) is 5.73 Å². The van der Waals surface area contributed by atoms with Crippen LogP contribution in [-0.4, -0.2) is 24.9 Å². The summed E-state index contributed by atoms with van der Waals surface area (Å²) in [5, 5.41) is 0. The summed E-state index contributed by atoms with van der Waals surface area (Å²) < 4.78 is 10.0. The lowest BCUT2D eigenvalue weighted by Gasteiger charge is -2.06. The first-order valence-corrected chi connectivity index (χ1v) is 4.39. The molecular weight excluding hydrogens is 182 g/mol. The van der Waals surface area contributed by atoms with Gasteiger partial charge in [0.15, 0.2) is 5.78 Å². The van der Waals surface area contributed by atoms with Crippen molar-refractivity contribution in [3.63, 3.8) is 0 Å². The summed E-state index contributed by atoms with van der Waals surface area (Å²) in [6.07, 6.45) is -1.33. The summed E-state index contributed by atoms with van der Waals surface area (Å²) in [6.45, 7) is 0.231. The second-order valence-electron chi connectivity index (χ2n) is 3.06. The van der Waals surface area contributed by atoms with Gasteiger partial charge in [0.05, 0.1) is 6.61 Å². The number of ketones is 1. The number of Topliss-reactive ketones (excluding diaryl/α,β-unsaturated/α-hetero) is 1. The van der Waals surface area contributed by atoms with Crippen molar-refractivity contribution >= 4 is 5.78 Å². The maximum Gasteiger partial charge on any atom is 0.214 e. The van der Waals surface area contributed by atoms with E-state index in [9.17, 15) is 4.79 Å². The van der Waals surface area contributed by atoms with Crippen LogP contribution in [0.4, 0.5) is 0 Å². The van der Waals surface area contributed by atoms with Crippen LogP contribution in [0.3, 0.4) is 0 Å². The molecule has 0 saturated carbocycles. The van der Waals surface area contributed by atoms with Gasteiger partial charge in [-0.1, -0.05) is 30.3 Å². The van der Waals surface area contributed by atoms with Crippen LogP contribution in [0, 0.1) is 0 Å². The van der Waals surface area contributed by atoms with Crippen LogP contribution in [-0.2, 0) is 9.47 Å². The van der Waals surface area contributed by atoms with Crippen LogP contribution in [0.15, 0.2) is 30.3 Å². The second kappa shape index (κ2) is 3.88. The molecule has 1 aromatic carbocycles. The molecule has 0 amide bonds. The Hall–Kier alpha value is -1.23. The smallest absolute Gasteiger partial charge is 0.214 e. The lowest BCUT2D eigenvalue weighted by atomic mass is 10.1. The predicted octanol–water partition coefficient (Wildman–Crippen LogP) is 0.527. The Bertz CT molecular complexity index is 325. The molecule has 74 valence electrons. The molecule has 2 atom stereocenters. The molecule has 1 heterocycles. The highest BCUT2D eigenvalue weighted by Gasteiger charge is 2.29. The number of hydrogen-bond donors (Lipinski definition) is 1. The van der Waals surface area contributed by atoms with E-state index in [1.165, 1.54) is 0 Å². The Balaban J connectivity index is 2.10. The quantitative estimate of drug-likeness (QED) is 0.696. The normalized spacial score (nSPS) is 26.4. The Morgan fingerprint density at radius 2 is 2.07 bits per heavy atom. The Kier molecular flexibility index (Phi) is 2.58. The molecule has 4 nitrogen and oxygen atoms in total. The van der Waals surface area contributed by atoms with Crippen molar-refractivity contribution < 1.29 is 14.3 Å². The summed E-state index contributed by atoms with van der Waals surface area (Å²) in [4.78, 5) is 11.7. The number of carbonyl (C=O) groups is 1. The van der Waals surface area contributed by atoms with Crippen molar-refractivity contribution in [2.45, 2.75) is 12.5 Å². The topological polar surface area (TPSA) is 61.5 Å². The van der Waals surface area contributed by atoms with E-state index >= 15 is 0 Å². The third-order valence-electron chi connectivity index (χ3n) is 2.06. The third kappa shape index (κ3) is 1.82. The lowest BCUT2D eigenvalue weighted by Crippen LogP contribution is -2.26. The molecule has 2 rings (SSSR count). The average molecular weight is 193 g/mol. The predicted molar refractivity (Wildman–Crippen MR) is 49.6 cm³/mol. The van der Waals surface area contributed by atoms with Crippen LogP contribution < -0.4 is 5.73 Å². The van der Waals surface area contributed by atoms with Gasteiger partial charge in [0.25, 0.3) is 0 Å². The Morgan fingerprint density at radius 1 is 1.36 bits per heavy atom. The van der Waals surface area contributed by atoms with Crippen molar-refractivity contribution in [2.75, 3.05) is 6.61 Å². The van der Waals surface area contributed by atoms with Gasteiger partial charge in [-0.05, 0) is 0 Å². The Labute approximate surface area is 81.6 Å². The zero-order chi connectivity index (χ0) is 9.97. The first-order chi connectivity index (χ1) is 6.77. The van der Waals surface area contributed by atoms with E-state index in [0.717, 1.165) is 0 Å². The first-order valence-electron chi connectivity index (χ1n) is 4.39. The number of nitrogens with two attached hydrogens (primary N) is 1. The van der Waals surface area contributed by atoms with Gasteiger partial charge in [0, 0.05) is 5.56 Å². The molecule has 4 heteroatoms. The number of carbonyl (C=O) groups excluding carboxylic acids is 1. The van der Waals surface area contributed by atoms with Crippen LogP contribution in [0.2, 0.25) is 0 Å². The van der Waals surface area contributed by atoms with E-state index in [4.69, 9.17) is 15.2 Å². The molecule has 1 aliphatic rings. The molecule has 1 saturated heterocycles. The molecule has 0 radical (unpaired) electrons. The van der Waals surface area contributed by atoms with E-state index in [0.29, 0.717) is 5.56 Å². The van der Waals surface area contributed by atoms with E-state index in [1.807, 2.05) is 18.2 Å². The highest BCUT2D eigenvalue weighted by atomic mass is 16.7. The largest absolute Gasteiger partial charge is 0.337 e. The number of rotatable bonds is 2. The maximum absolute atomic E-state index is 11.7. The van der Waals surface area contributed by atoms with Crippen molar-refractivity contribution in [3.8, 4) is 0 Å². The number of benzene rings is 1. The lowest BCUT2D eigenvalue weighted by molar-refractivity contribution is -0.0469. The SMILES string of the molecule is NC1OCC(C(=O)c2ccccc2)O1. The molecule has 0 spiro atoms. The van der Waals surface area contributed by atoms with Crippen LogP contribution in [0.25, 0.3) is 0 Å². The average Bonchev–Trinajstić information content (AvgIpc) is 2.65. The third-order valence-corrected chi connectivity index (χ3v) is 2.06. The van der Waals surface area contributed by atoms with Gasteiger partial charge in [0.2, 0.25) is 6.41 Å². The molecule has 1 fully saturated rings. The highest BCUT2D eigenvalue weighted by Crippen LogP contribution is 2.13. The molecule has 14 heavy (non-hydrogen) atoms. The summed E-state index contributed by atoms with van der Waals surface area (Å²) in [6, 6.07) is 8.96. The fourth-order valence-electron chi connectivity index (χ4n) is 1.35. The van der Waals surface area contributed by atoms with Gasteiger partial charge in [-0.3, -0.25) is 10.5 Å². The highest BCUT2D eigenvalue weighted by molar-refractivity contribution is 5.99. The van der Waals surface area contributed by atoms with Gasteiger partial charge >= 0.3 is 0 Å². The minimum absolute atomic E-state index is 0.0847. The molecule has 0 bridgehead atoms. The molecular formula is C10H11NO3. The molecule has 2 unspecified atom stereocenters. The maximum atomic E-state index is 11.7. The van der Waals surface area contributed by atoms with Crippen LogP contribution in [0.5, 0.6) is 0 Å². The number of hydrogen-bond acceptors (Lipinski definition) is 4. The zero-order valence-electron chi connectivity index (χ0n) is 7.55. The van der Waals surface area contributed by atoms with Gasteiger partial charge in [0.1, 0.15) is 6.10 Å².